The molecule has 1 spiro atoms. The minimum atomic E-state index is -0.641. The molecule has 0 radical (unpaired) electrons. The fourth-order valence-electron chi connectivity index (χ4n) is 6.72. The van der Waals surface area contributed by atoms with Crippen LogP contribution in [0.5, 0.6) is 0 Å². The predicted molar refractivity (Wildman–Crippen MR) is 110 cm³/mol. The summed E-state index contributed by atoms with van der Waals surface area (Å²) in [5.74, 6) is 0.918. The first-order valence-electron chi connectivity index (χ1n) is 10.2. The first-order valence-corrected chi connectivity index (χ1v) is 11.4. The number of halogens is 1. The van der Waals surface area contributed by atoms with E-state index in [2.05, 4.69) is 41.7 Å². The van der Waals surface area contributed by atoms with Crippen molar-refractivity contribution in [2.45, 2.75) is 69.7 Å². The molecule has 5 aliphatic rings. The molecule has 1 heterocycles. The van der Waals surface area contributed by atoms with Gasteiger partial charge in [-0.1, -0.05) is 41.2 Å². The van der Waals surface area contributed by atoms with Gasteiger partial charge in [-0.05, 0) is 71.7 Å². The predicted octanol–water partition coefficient (Wildman–Crippen LogP) is 5.05. The highest BCUT2D eigenvalue weighted by Gasteiger charge is 2.59. The van der Waals surface area contributed by atoms with Crippen molar-refractivity contribution in [3.63, 3.8) is 0 Å². The Morgan fingerprint density at radius 2 is 2.00 bits per heavy atom. The lowest BCUT2D eigenvalue weighted by atomic mass is 9.56. The van der Waals surface area contributed by atoms with Gasteiger partial charge >= 0.3 is 0 Å². The number of fused-ring (bicyclic) bond motifs is 4. The van der Waals surface area contributed by atoms with E-state index in [4.69, 9.17) is 9.47 Å². The second-order valence-electron chi connectivity index (χ2n) is 9.15. The average molecular weight is 468 g/mol. The van der Waals surface area contributed by atoms with Crippen molar-refractivity contribution in [2.24, 2.45) is 17.3 Å². The Morgan fingerprint density at radius 3 is 2.77 bits per heavy atom. The van der Waals surface area contributed by atoms with Gasteiger partial charge in [0.2, 0.25) is 0 Å². The zero-order valence-electron chi connectivity index (χ0n) is 15.6. The van der Waals surface area contributed by atoms with E-state index < -0.39 is 5.60 Å². The molecule has 0 aromatic carbocycles. The van der Waals surface area contributed by atoms with Crippen molar-refractivity contribution < 1.29 is 14.6 Å². The smallest absolute Gasteiger partial charge is 0.172 e. The van der Waals surface area contributed by atoms with Gasteiger partial charge in [0.1, 0.15) is 0 Å². The van der Waals surface area contributed by atoms with Crippen molar-refractivity contribution in [3.8, 4) is 0 Å². The summed E-state index contributed by atoms with van der Waals surface area (Å²) in [5, 5.41) is 11.3. The second kappa shape index (κ2) is 6.16. The molecule has 2 fully saturated rings. The van der Waals surface area contributed by atoms with Crippen LogP contribution < -0.4 is 0 Å². The molecule has 1 saturated carbocycles. The summed E-state index contributed by atoms with van der Waals surface area (Å²) < 4.78 is 14.0. The third-order valence-corrected chi connectivity index (χ3v) is 8.56. The fourth-order valence-corrected chi connectivity index (χ4v) is 7.31. The Morgan fingerprint density at radius 1 is 1.19 bits per heavy atom. The largest absolute Gasteiger partial charge is 0.385 e. The molecule has 5 rings (SSSR count). The molecule has 4 aliphatic carbocycles. The molecular weight excluding hydrogens is 439 g/mol. The van der Waals surface area contributed by atoms with Crippen molar-refractivity contribution in [1.82, 2.24) is 0 Å². The molecule has 26 heavy (non-hydrogen) atoms. The number of aliphatic hydroxyl groups is 1. The lowest BCUT2D eigenvalue weighted by molar-refractivity contribution is -0.164. The summed E-state index contributed by atoms with van der Waals surface area (Å²) in [6.07, 6.45) is 13.1. The third-order valence-electron chi connectivity index (χ3n) is 8.20. The highest BCUT2D eigenvalue weighted by atomic mass is 127. The van der Waals surface area contributed by atoms with E-state index in [-0.39, 0.29) is 11.2 Å². The maximum atomic E-state index is 11.3. The van der Waals surface area contributed by atoms with E-state index in [9.17, 15) is 5.11 Å². The van der Waals surface area contributed by atoms with Crippen LogP contribution in [0.2, 0.25) is 0 Å². The number of allylic oxidation sites excluding steroid dienone is 3. The summed E-state index contributed by atoms with van der Waals surface area (Å²) in [7, 11) is 0. The van der Waals surface area contributed by atoms with E-state index in [0.29, 0.717) is 11.8 Å². The lowest BCUT2D eigenvalue weighted by Crippen LogP contribution is -2.48. The van der Waals surface area contributed by atoms with Crippen LogP contribution in [-0.4, -0.2) is 29.7 Å². The van der Waals surface area contributed by atoms with Crippen molar-refractivity contribution >= 4 is 22.6 Å². The van der Waals surface area contributed by atoms with Gasteiger partial charge in [0.15, 0.2) is 5.79 Å². The Hall–Kier alpha value is -0.170. The van der Waals surface area contributed by atoms with Crippen molar-refractivity contribution in [3.05, 3.63) is 33.0 Å². The molecule has 142 valence electrons. The molecule has 0 unspecified atom stereocenters. The molecule has 0 amide bonds. The van der Waals surface area contributed by atoms with Crippen LogP contribution in [-0.2, 0) is 9.47 Å². The van der Waals surface area contributed by atoms with E-state index in [0.717, 1.165) is 51.7 Å². The van der Waals surface area contributed by atoms with E-state index in [1.165, 1.54) is 12.8 Å². The van der Waals surface area contributed by atoms with Crippen LogP contribution in [0.3, 0.4) is 0 Å². The Labute approximate surface area is 170 Å². The molecule has 4 heteroatoms. The second-order valence-corrected chi connectivity index (χ2v) is 9.87. The number of hydrogen-bond acceptors (Lipinski definition) is 3. The van der Waals surface area contributed by atoms with Crippen LogP contribution in [0.25, 0.3) is 0 Å². The van der Waals surface area contributed by atoms with Crippen LogP contribution in [0, 0.1) is 17.3 Å². The summed E-state index contributed by atoms with van der Waals surface area (Å²) >= 11 is 2.25. The Kier molecular flexibility index (Phi) is 4.24. The molecule has 0 aromatic rings. The highest BCUT2D eigenvalue weighted by Crippen LogP contribution is 2.63. The number of ether oxygens (including phenoxy) is 2. The van der Waals surface area contributed by atoms with Crippen LogP contribution in [0.15, 0.2) is 33.0 Å². The normalized spacial score (nSPS) is 44.2. The molecule has 1 saturated heterocycles. The maximum absolute atomic E-state index is 11.3. The van der Waals surface area contributed by atoms with E-state index in [1.54, 1.807) is 16.7 Å². The van der Waals surface area contributed by atoms with Gasteiger partial charge < -0.3 is 14.6 Å². The van der Waals surface area contributed by atoms with Crippen molar-refractivity contribution in [1.29, 1.82) is 0 Å². The standard InChI is InChI=1S/C22H29IO3/c1-20-7-4-17-16-5-9-22(25-12-13-26-22)14-15(16)2-3-18(17)19(20)6-8-21(20,24)10-11-23/h4,10-11,18-19,24H,2-3,5-9,12-14H2,1H3/t18-,19+,20+,21-/m1/s1. The number of rotatable bonds is 1. The summed E-state index contributed by atoms with van der Waals surface area (Å²) in [6.45, 7) is 3.82. The van der Waals surface area contributed by atoms with E-state index in [1.807, 2.05) is 4.08 Å². The van der Waals surface area contributed by atoms with E-state index >= 15 is 0 Å². The molecule has 0 bridgehead atoms. The minimum absolute atomic E-state index is 0.0194. The fraction of sp³-hybridized carbons (Fsp3) is 0.727. The highest BCUT2D eigenvalue weighted by molar-refractivity contribution is 14.1. The summed E-state index contributed by atoms with van der Waals surface area (Å²) in [5.41, 5.74) is 4.16. The van der Waals surface area contributed by atoms with Gasteiger partial charge in [0.05, 0.1) is 18.8 Å². The molecule has 4 atom stereocenters. The lowest BCUT2D eigenvalue weighted by Gasteiger charge is -2.50. The Bertz CT molecular complexity index is 702. The zero-order chi connectivity index (χ0) is 18.0. The zero-order valence-corrected chi connectivity index (χ0v) is 17.8. The van der Waals surface area contributed by atoms with Crippen molar-refractivity contribution in [2.75, 3.05) is 13.2 Å². The molecule has 1 N–H and O–H groups in total. The molecule has 0 aromatic heterocycles. The van der Waals surface area contributed by atoms with Crippen LogP contribution >= 0.6 is 22.6 Å². The van der Waals surface area contributed by atoms with Gasteiger partial charge in [-0.15, -0.1) is 0 Å². The monoisotopic (exact) mass is 468 g/mol. The first-order chi connectivity index (χ1) is 12.5. The van der Waals surface area contributed by atoms with Gasteiger partial charge in [-0.3, -0.25) is 0 Å². The topological polar surface area (TPSA) is 38.7 Å². The van der Waals surface area contributed by atoms with Crippen LogP contribution in [0.1, 0.15) is 58.3 Å². The molecule has 1 aliphatic heterocycles. The van der Waals surface area contributed by atoms with Gasteiger partial charge in [0.25, 0.3) is 0 Å². The first kappa shape index (κ1) is 17.9. The minimum Gasteiger partial charge on any atom is -0.385 e. The SMILES string of the molecule is C[C@]12CC=C3C4=C(CC[C@H]3[C@@H]1CC[C@@]2(O)C=CI)CC1(CC4)OCCO1. The number of hydrogen-bond donors (Lipinski definition) is 1. The molecule has 3 nitrogen and oxygen atoms in total. The average Bonchev–Trinajstić information content (AvgIpc) is 3.18. The summed E-state index contributed by atoms with van der Waals surface area (Å²) in [4.78, 5) is 0. The van der Waals surface area contributed by atoms with Gasteiger partial charge in [0, 0.05) is 18.3 Å². The quantitative estimate of drug-likeness (QED) is 0.548. The summed E-state index contributed by atoms with van der Waals surface area (Å²) in [6, 6.07) is 0. The third kappa shape index (κ3) is 2.41. The maximum Gasteiger partial charge on any atom is 0.172 e. The van der Waals surface area contributed by atoms with Crippen LogP contribution in [0.4, 0.5) is 0 Å². The van der Waals surface area contributed by atoms with Gasteiger partial charge in [-0.25, -0.2) is 0 Å². The Balaban J connectivity index is 1.48. The molecular formula is C22H29IO3. The van der Waals surface area contributed by atoms with Gasteiger partial charge in [-0.2, -0.15) is 0 Å².